The number of carbonyl (C=O) groups is 1. The second kappa shape index (κ2) is 5.48. The Morgan fingerprint density at radius 1 is 1.38 bits per heavy atom. The molecular formula is C13H15BrO2. The van der Waals surface area contributed by atoms with Crippen molar-refractivity contribution >= 4 is 22.2 Å². The highest BCUT2D eigenvalue weighted by atomic mass is 79.9. The minimum Gasteiger partial charge on any atom is -0.493 e. The van der Waals surface area contributed by atoms with Gasteiger partial charge in [-0.15, -0.1) is 0 Å². The lowest BCUT2D eigenvalue weighted by atomic mass is 10.1. The summed E-state index contributed by atoms with van der Waals surface area (Å²) < 4.78 is 6.52. The third-order valence-electron chi connectivity index (χ3n) is 3.05. The van der Waals surface area contributed by atoms with Crippen LogP contribution in [0.4, 0.5) is 0 Å². The Kier molecular flexibility index (Phi) is 3.99. The predicted octanol–water partition coefficient (Wildman–Crippen LogP) is 3.83. The topological polar surface area (TPSA) is 26.3 Å². The van der Waals surface area contributed by atoms with Gasteiger partial charge in [-0.1, -0.05) is 28.8 Å². The summed E-state index contributed by atoms with van der Waals surface area (Å²) in [6.45, 7) is 0.778. The van der Waals surface area contributed by atoms with E-state index < -0.39 is 0 Å². The molecule has 1 saturated carbocycles. The maximum absolute atomic E-state index is 10.8. The maximum Gasteiger partial charge on any atom is 0.151 e. The number of benzene rings is 1. The van der Waals surface area contributed by atoms with Crippen molar-refractivity contribution in [3.05, 3.63) is 28.2 Å². The van der Waals surface area contributed by atoms with Gasteiger partial charge in [-0.05, 0) is 37.0 Å². The average Bonchev–Trinajstić information content (AvgIpc) is 2.81. The van der Waals surface area contributed by atoms with Gasteiger partial charge < -0.3 is 4.74 Å². The summed E-state index contributed by atoms with van der Waals surface area (Å²) in [4.78, 5) is 10.8. The van der Waals surface area contributed by atoms with Crippen LogP contribution < -0.4 is 4.74 Å². The molecule has 2 nitrogen and oxygen atoms in total. The van der Waals surface area contributed by atoms with Crippen LogP contribution in [0.3, 0.4) is 0 Å². The Bertz CT molecular complexity index is 370. The van der Waals surface area contributed by atoms with Gasteiger partial charge in [-0.25, -0.2) is 0 Å². The van der Waals surface area contributed by atoms with E-state index >= 15 is 0 Å². The van der Waals surface area contributed by atoms with E-state index in [1.165, 1.54) is 25.7 Å². The van der Waals surface area contributed by atoms with Crippen molar-refractivity contribution in [2.45, 2.75) is 25.7 Å². The van der Waals surface area contributed by atoms with Crippen molar-refractivity contribution in [3.63, 3.8) is 0 Å². The van der Waals surface area contributed by atoms with E-state index in [2.05, 4.69) is 15.9 Å². The quantitative estimate of drug-likeness (QED) is 0.785. The van der Waals surface area contributed by atoms with E-state index in [-0.39, 0.29) is 0 Å². The van der Waals surface area contributed by atoms with Gasteiger partial charge in [0.1, 0.15) is 5.75 Å². The van der Waals surface area contributed by atoms with E-state index in [1.807, 2.05) is 12.1 Å². The van der Waals surface area contributed by atoms with Gasteiger partial charge in [0.15, 0.2) is 6.29 Å². The molecule has 0 spiro atoms. The van der Waals surface area contributed by atoms with Crippen LogP contribution in [0.1, 0.15) is 36.0 Å². The molecule has 1 aromatic carbocycles. The Morgan fingerprint density at radius 2 is 2.12 bits per heavy atom. The number of halogens is 1. The highest BCUT2D eigenvalue weighted by Crippen LogP contribution is 2.26. The number of ether oxygens (including phenoxy) is 1. The summed E-state index contributed by atoms with van der Waals surface area (Å²) in [6.07, 6.45) is 6.04. The summed E-state index contributed by atoms with van der Waals surface area (Å²) in [5.41, 5.74) is 0.643. The van der Waals surface area contributed by atoms with E-state index in [4.69, 9.17) is 4.74 Å². The van der Waals surface area contributed by atoms with Crippen LogP contribution >= 0.6 is 15.9 Å². The summed E-state index contributed by atoms with van der Waals surface area (Å²) >= 11 is 3.32. The van der Waals surface area contributed by atoms with E-state index in [0.29, 0.717) is 11.5 Å². The molecule has 1 aliphatic rings. The van der Waals surface area contributed by atoms with Crippen LogP contribution in [-0.4, -0.2) is 12.9 Å². The standard InChI is InChI=1S/C13H15BrO2/c14-13-6-5-12(7-11(13)8-15)16-9-10-3-1-2-4-10/h5-8,10H,1-4,9H2. The molecule has 0 N–H and O–H groups in total. The zero-order valence-electron chi connectivity index (χ0n) is 9.12. The van der Waals surface area contributed by atoms with Gasteiger partial charge in [0, 0.05) is 10.0 Å². The largest absolute Gasteiger partial charge is 0.493 e. The van der Waals surface area contributed by atoms with Gasteiger partial charge in [-0.3, -0.25) is 4.79 Å². The minimum absolute atomic E-state index is 0.643. The number of carbonyl (C=O) groups excluding carboxylic acids is 1. The van der Waals surface area contributed by atoms with Crippen LogP contribution in [0.5, 0.6) is 5.75 Å². The number of hydrogen-bond acceptors (Lipinski definition) is 2. The SMILES string of the molecule is O=Cc1cc(OCC2CCCC2)ccc1Br. The molecule has 1 fully saturated rings. The highest BCUT2D eigenvalue weighted by Gasteiger charge is 2.15. The van der Waals surface area contributed by atoms with Crippen molar-refractivity contribution in [1.29, 1.82) is 0 Å². The van der Waals surface area contributed by atoms with Crippen molar-refractivity contribution in [2.75, 3.05) is 6.61 Å². The van der Waals surface area contributed by atoms with Gasteiger partial charge in [0.2, 0.25) is 0 Å². The lowest BCUT2D eigenvalue weighted by Crippen LogP contribution is -2.08. The minimum atomic E-state index is 0.643. The highest BCUT2D eigenvalue weighted by molar-refractivity contribution is 9.10. The van der Waals surface area contributed by atoms with Crippen molar-refractivity contribution < 1.29 is 9.53 Å². The van der Waals surface area contributed by atoms with Crippen molar-refractivity contribution in [2.24, 2.45) is 5.92 Å². The van der Waals surface area contributed by atoms with E-state index in [0.717, 1.165) is 23.1 Å². The number of hydrogen-bond donors (Lipinski definition) is 0. The smallest absolute Gasteiger partial charge is 0.151 e. The fraction of sp³-hybridized carbons (Fsp3) is 0.462. The first-order valence-electron chi connectivity index (χ1n) is 5.67. The molecule has 0 saturated heterocycles. The molecule has 0 aliphatic heterocycles. The first-order valence-corrected chi connectivity index (χ1v) is 6.46. The normalized spacial score (nSPS) is 16.3. The second-order valence-electron chi connectivity index (χ2n) is 4.26. The number of rotatable bonds is 4. The van der Waals surface area contributed by atoms with Crippen LogP contribution in [0.25, 0.3) is 0 Å². The lowest BCUT2D eigenvalue weighted by molar-refractivity contribution is 0.112. The monoisotopic (exact) mass is 282 g/mol. The molecule has 0 atom stereocenters. The van der Waals surface area contributed by atoms with Gasteiger partial charge in [-0.2, -0.15) is 0 Å². The molecule has 16 heavy (non-hydrogen) atoms. The van der Waals surface area contributed by atoms with Crippen LogP contribution in [-0.2, 0) is 0 Å². The Hall–Kier alpha value is -0.830. The Labute approximate surface area is 104 Å². The van der Waals surface area contributed by atoms with E-state index in [9.17, 15) is 4.79 Å². The fourth-order valence-electron chi connectivity index (χ4n) is 2.09. The maximum atomic E-state index is 10.8. The molecule has 2 rings (SSSR count). The lowest BCUT2D eigenvalue weighted by Gasteiger charge is -2.11. The Morgan fingerprint density at radius 3 is 2.81 bits per heavy atom. The van der Waals surface area contributed by atoms with E-state index in [1.54, 1.807) is 6.07 Å². The third-order valence-corrected chi connectivity index (χ3v) is 3.78. The van der Waals surface area contributed by atoms with Crippen molar-refractivity contribution in [3.8, 4) is 5.75 Å². The molecule has 1 aliphatic carbocycles. The predicted molar refractivity (Wildman–Crippen MR) is 67.0 cm³/mol. The molecule has 0 bridgehead atoms. The summed E-state index contributed by atoms with van der Waals surface area (Å²) in [5, 5.41) is 0. The molecule has 0 heterocycles. The molecule has 86 valence electrons. The average molecular weight is 283 g/mol. The summed E-state index contributed by atoms with van der Waals surface area (Å²) in [7, 11) is 0. The zero-order chi connectivity index (χ0) is 11.4. The number of aldehydes is 1. The summed E-state index contributed by atoms with van der Waals surface area (Å²) in [6, 6.07) is 5.53. The first-order chi connectivity index (χ1) is 7.79. The van der Waals surface area contributed by atoms with Crippen LogP contribution in [0.2, 0.25) is 0 Å². The summed E-state index contributed by atoms with van der Waals surface area (Å²) in [5.74, 6) is 1.49. The molecule has 3 heteroatoms. The van der Waals surface area contributed by atoms with Gasteiger partial charge in [0.05, 0.1) is 6.61 Å². The Balaban J connectivity index is 1.95. The molecule has 0 amide bonds. The molecule has 0 aromatic heterocycles. The molecular weight excluding hydrogens is 268 g/mol. The van der Waals surface area contributed by atoms with Crippen LogP contribution in [0, 0.1) is 5.92 Å². The van der Waals surface area contributed by atoms with Gasteiger partial charge in [0.25, 0.3) is 0 Å². The van der Waals surface area contributed by atoms with Gasteiger partial charge >= 0.3 is 0 Å². The molecule has 0 unspecified atom stereocenters. The molecule has 0 radical (unpaired) electrons. The second-order valence-corrected chi connectivity index (χ2v) is 5.12. The zero-order valence-corrected chi connectivity index (χ0v) is 10.7. The van der Waals surface area contributed by atoms with Crippen LogP contribution in [0.15, 0.2) is 22.7 Å². The fourth-order valence-corrected chi connectivity index (χ4v) is 2.43. The third kappa shape index (κ3) is 2.85. The first kappa shape index (κ1) is 11.6. The van der Waals surface area contributed by atoms with Crippen molar-refractivity contribution in [1.82, 2.24) is 0 Å². The molecule has 1 aromatic rings.